The van der Waals surface area contributed by atoms with Crippen molar-refractivity contribution in [3.8, 4) is 11.1 Å². The molecule has 2 aliphatic rings. The average molecular weight is 451 g/mol. The van der Waals surface area contributed by atoms with Gasteiger partial charge in [-0.25, -0.2) is 4.79 Å². The smallest absolute Gasteiger partial charge is 0.407 e. The molecule has 2 aliphatic carbocycles. The van der Waals surface area contributed by atoms with Gasteiger partial charge in [-0.15, -0.1) is 0 Å². The molecule has 2 amide bonds. The van der Waals surface area contributed by atoms with E-state index in [-0.39, 0.29) is 36.7 Å². The Balaban J connectivity index is 1.30. The summed E-state index contributed by atoms with van der Waals surface area (Å²) in [7, 11) is 0. The van der Waals surface area contributed by atoms with E-state index in [2.05, 4.69) is 34.9 Å². The quantitative estimate of drug-likeness (QED) is 0.534. The van der Waals surface area contributed by atoms with Crippen molar-refractivity contribution in [3.05, 3.63) is 59.7 Å². The predicted octanol–water partition coefficient (Wildman–Crippen LogP) is 4.06. The number of fused-ring (bicyclic) bond motifs is 3. The zero-order valence-electron chi connectivity index (χ0n) is 18.8. The minimum Gasteiger partial charge on any atom is -0.481 e. The summed E-state index contributed by atoms with van der Waals surface area (Å²) in [5.74, 6) is -1.13. The Labute approximate surface area is 193 Å². The molecule has 0 saturated heterocycles. The molecule has 0 radical (unpaired) electrons. The molecule has 0 unspecified atom stereocenters. The lowest BCUT2D eigenvalue weighted by Crippen LogP contribution is -2.46. The van der Waals surface area contributed by atoms with Gasteiger partial charge in [0.25, 0.3) is 0 Å². The summed E-state index contributed by atoms with van der Waals surface area (Å²) < 4.78 is 5.60. The van der Waals surface area contributed by atoms with Gasteiger partial charge >= 0.3 is 12.1 Å². The highest BCUT2D eigenvalue weighted by Crippen LogP contribution is 2.45. The van der Waals surface area contributed by atoms with E-state index >= 15 is 0 Å². The number of ether oxygens (including phenoxy) is 1. The van der Waals surface area contributed by atoms with Gasteiger partial charge in [-0.05, 0) is 47.4 Å². The fraction of sp³-hybridized carbons (Fsp3) is 0.423. The number of aliphatic carboxylic acids is 1. The van der Waals surface area contributed by atoms with Gasteiger partial charge in [0, 0.05) is 24.9 Å². The molecule has 1 saturated carbocycles. The van der Waals surface area contributed by atoms with Crippen molar-refractivity contribution in [1.29, 1.82) is 0 Å². The van der Waals surface area contributed by atoms with Crippen molar-refractivity contribution in [2.45, 2.75) is 51.0 Å². The number of carboxylic acids is 1. The fourth-order valence-electron chi connectivity index (χ4n) is 4.98. The topological polar surface area (TPSA) is 105 Å². The molecule has 7 heteroatoms. The number of nitrogens with one attached hydrogen (secondary N) is 2. The maximum atomic E-state index is 12.5. The minimum absolute atomic E-state index is 0.00214. The Morgan fingerprint density at radius 3 is 2.21 bits per heavy atom. The summed E-state index contributed by atoms with van der Waals surface area (Å²) >= 11 is 0. The Hall–Kier alpha value is -3.35. The van der Waals surface area contributed by atoms with Gasteiger partial charge in [-0.1, -0.05) is 55.0 Å². The highest BCUT2D eigenvalue weighted by atomic mass is 16.5. The SMILES string of the molecule is C[C@@H](CC(=O)O)NC(=O)CC1(CNC(=O)OCC2c3ccccc3-c3ccccc32)CCC1. The van der Waals surface area contributed by atoms with Crippen molar-refractivity contribution in [2.75, 3.05) is 13.2 Å². The third-order valence-electron chi connectivity index (χ3n) is 6.79. The lowest BCUT2D eigenvalue weighted by molar-refractivity contribution is -0.137. The van der Waals surface area contributed by atoms with Gasteiger partial charge in [0.2, 0.25) is 5.91 Å². The molecular weight excluding hydrogens is 420 g/mol. The Morgan fingerprint density at radius 1 is 1.06 bits per heavy atom. The molecule has 4 rings (SSSR count). The summed E-state index contributed by atoms with van der Waals surface area (Å²) in [5.41, 5.74) is 4.39. The fourth-order valence-corrected chi connectivity index (χ4v) is 4.98. The molecule has 0 bridgehead atoms. The first kappa shape index (κ1) is 22.8. The lowest BCUT2D eigenvalue weighted by atomic mass is 9.66. The third kappa shape index (κ3) is 5.18. The van der Waals surface area contributed by atoms with E-state index in [0.29, 0.717) is 6.54 Å². The third-order valence-corrected chi connectivity index (χ3v) is 6.79. The van der Waals surface area contributed by atoms with E-state index in [1.807, 2.05) is 24.3 Å². The van der Waals surface area contributed by atoms with E-state index in [4.69, 9.17) is 9.84 Å². The van der Waals surface area contributed by atoms with Gasteiger partial charge in [0.15, 0.2) is 0 Å². The molecule has 3 N–H and O–H groups in total. The van der Waals surface area contributed by atoms with Crippen molar-refractivity contribution in [2.24, 2.45) is 5.41 Å². The Morgan fingerprint density at radius 2 is 1.67 bits per heavy atom. The van der Waals surface area contributed by atoms with E-state index in [0.717, 1.165) is 30.4 Å². The molecule has 1 fully saturated rings. The first-order valence-corrected chi connectivity index (χ1v) is 11.5. The van der Waals surface area contributed by atoms with Crippen molar-refractivity contribution >= 4 is 18.0 Å². The summed E-state index contributed by atoms with van der Waals surface area (Å²) in [5, 5.41) is 14.4. The minimum atomic E-state index is -0.946. The van der Waals surface area contributed by atoms with Gasteiger partial charge in [-0.2, -0.15) is 0 Å². The number of carboxylic acid groups (broad SMARTS) is 1. The van der Waals surface area contributed by atoms with Crippen LogP contribution in [0, 0.1) is 5.41 Å². The molecule has 174 valence electrons. The van der Waals surface area contributed by atoms with Crippen LogP contribution in [0.1, 0.15) is 56.1 Å². The highest BCUT2D eigenvalue weighted by molar-refractivity contribution is 5.79. The first-order chi connectivity index (χ1) is 15.9. The normalized spacial score (nSPS) is 16.6. The zero-order valence-corrected chi connectivity index (χ0v) is 18.8. The summed E-state index contributed by atoms with van der Waals surface area (Å²) in [6.07, 6.45) is 2.36. The number of carbonyl (C=O) groups excluding carboxylic acids is 2. The number of amides is 2. The first-order valence-electron chi connectivity index (χ1n) is 11.5. The Bertz CT molecular complexity index is 1000. The van der Waals surface area contributed by atoms with Gasteiger partial charge in [0.1, 0.15) is 6.61 Å². The largest absolute Gasteiger partial charge is 0.481 e. The second-order valence-electron chi connectivity index (χ2n) is 9.28. The number of alkyl carbamates (subject to hydrolysis) is 1. The van der Waals surface area contributed by atoms with Crippen LogP contribution in [-0.2, 0) is 14.3 Å². The summed E-state index contributed by atoms with van der Waals surface area (Å²) in [4.78, 5) is 35.7. The van der Waals surface area contributed by atoms with Crippen molar-refractivity contribution < 1.29 is 24.2 Å². The van der Waals surface area contributed by atoms with Crippen LogP contribution >= 0.6 is 0 Å². The molecule has 2 aromatic carbocycles. The standard InChI is InChI=1S/C26H30N2O5/c1-17(13-24(30)31)28-23(29)14-26(11-6-12-26)16-27-25(32)33-15-22-20-9-4-2-7-18(20)19-8-3-5-10-21(19)22/h2-5,7-10,17,22H,6,11-16H2,1H3,(H,27,32)(H,28,29)(H,30,31)/t17-/m0/s1. The van der Waals surface area contributed by atoms with Crippen LogP contribution in [0.15, 0.2) is 48.5 Å². The molecule has 0 aliphatic heterocycles. The van der Waals surface area contributed by atoms with Crippen molar-refractivity contribution in [1.82, 2.24) is 10.6 Å². The Kier molecular flexibility index (Phi) is 6.67. The highest BCUT2D eigenvalue weighted by Gasteiger charge is 2.39. The number of carbonyl (C=O) groups is 3. The predicted molar refractivity (Wildman–Crippen MR) is 124 cm³/mol. The van der Waals surface area contributed by atoms with Gasteiger partial charge < -0.3 is 20.5 Å². The molecule has 2 aromatic rings. The molecule has 0 spiro atoms. The van der Waals surface area contributed by atoms with E-state index < -0.39 is 18.1 Å². The van der Waals surface area contributed by atoms with Crippen LogP contribution < -0.4 is 10.6 Å². The van der Waals surface area contributed by atoms with Crippen LogP contribution in [0.25, 0.3) is 11.1 Å². The molecule has 0 heterocycles. The second kappa shape index (κ2) is 9.65. The number of hydrogen-bond donors (Lipinski definition) is 3. The van der Waals surface area contributed by atoms with Crippen LogP contribution in [0.4, 0.5) is 4.79 Å². The number of hydrogen-bond acceptors (Lipinski definition) is 4. The molecule has 0 aromatic heterocycles. The molecular formula is C26H30N2O5. The van der Waals surface area contributed by atoms with E-state index in [9.17, 15) is 14.4 Å². The van der Waals surface area contributed by atoms with Crippen LogP contribution in [0.5, 0.6) is 0 Å². The zero-order chi connectivity index (χ0) is 23.4. The van der Waals surface area contributed by atoms with Crippen LogP contribution in [0.2, 0.25) is 0 Å². The molecule has 1 atom stereocenters. The molecule has 7 nitrogen and oxygen atoms in total. The maximum absolute atomic E-state index is 12.5. The van der Waals surface area contributed by atoms with E-state index in [1.54, 1.807) is 6.92 Å². The molecule has 33 heavy (non-hydrogen) atoms. The summed E-state index contributed by atoms with van der Waals surface area (Å²) in [6.45, 7) is 2.29. The lowest BCUT2D eigenvalue weighted by Gasteiger charge is -2.41. The van der Waals surface area contributed by atoms with Crippen molar-refractivity contribution in [3.63, 3.8) is 0 Å². The monoisotopic (exact) mass is 450 g/mol. The van der Waals surface area contributed by atoms with Crippen LogP contribution in [-0.4, -0.2) is 42.3 Å². The van der Waals surface area contributed by atoms with Gasteiger partial charge in [0.05, 0.1) is 6.42 Å². The van der Waals surface area contributed by atoms with E-state index in [1.165, 1.54) is 11.1 Å². The van der Waals surface area contributed by atoms with Crippen LogP contribution in [0.3, 0.4) is 0 Å². The maximum Gasteiger partial charge on any atom is 0.407 e. The average Bonchev–Trinajstić information content (AvgIpc) is 3.07. The summed E-state index contributed by atoms with van der Waals surface area (Å²) in [6, 6.07) is 15.9. The number of rotatable bonds is 9. The van der Waals surface area contributed by atoms with Gasteiger partial charge in [-0.3, -0.25) is 9.59 Å². The second-order valence-corrected chi connectivity index (χ2v) is 9.28. The number of benzene rings is 2.